The molecule has 0 aliphatic heterocycles. The number of oxime groups is 1. The lowest BCUT2D eigenvalue weighted by Gasteiger charge is -2.17. The SMILES string of the molecule is CO/N=C(\c1ccccc1)[C@@H](N)C(C)C.O=C(O)C(F)(F)F. The van der Waals surface area contributed by atoms with Crippen molar-refractivity contribution in [2.75, 3.05) is 7.11 Å². The lowest BCUT2D eigenvalue weighted by molar-refractivity contribution is -0.192. The van der Waals surface area contributed by atoms with E-state index >= 15 is 0 Å². The van der Waals surface area contributed by atoms with Crippen LogP contribution in [0.5, 0.6) is 0 Å². The van der Waals surface area contributed by atoms with Crippen LogP contribution >= 0.6 is 0 Å². The molecule has 5 nitrogen and oxygen atoms in total. The van der Waals surface area contributed by atoms with Gasteiger partial charge in [-0.3, -0.25) is 0 Å². The van der Waals surface area contributed by atoms with E-state index in [4.69, 9.17) is 20.5 Å². The highest BCUT2D eigenvalue weighted by Crippen LogP contribution is 2.13. The second-order valence-corrected chi connectivity index (χ2v) is 4.60. The first-order valence-corrected chi connectivity index (χ1v) is 6.33. The van der Waals surface area contributed by atoms with Crippen molar-refractivity contribution in [2.24, 2.45) is 16.8 Å². The Labute approximate surface area is 126 Å². The van der Waals surface area contributed by atoms with E-state index < -0.39 is 12.1 Å². The first kappa shape index (κ1) is 19.9. The summed E-state index contributed by atoms with van der Waals surface area (Å²) in [6.45, 7) is 4.14. The van der Waals surface area contributed by atoms with Crippen LogP contribution < -0.4 is 5.73 Å². The average molecular weight is 320 g/mol. The Morgan fingerprint density at radius 3 is 2.05 bits per heavy atom. The number of benzene rings is 1. The van der Waals surface area contributed by atoms with Crippen molar-refractivity contribution in [3.63, 3.8) is 0 Å². The highest BCUT2D eigenvalue weighted by Gasteiger charge is 2.38. The normalized spacial score (nSPS) is 13.2. The van der Waals surface area contributed by atoms with Gasteiger partial charge in [0.2, 0.25) is 0 Å². The van der Waals surface area contributed by atoms with Crippen molar-refractivity contribution in [3.8, 4) is 0 Å². The minimum atomic E-state index is -5.08. The van der Waals surface area contributed by atoms with E-state index in [9.17, 15) is 13.2 Å². The zero-order valence-corrected chi connectivity index (χ0v) is 12.5. The van der Waals surface area contributed by atoms with E-state index in [-0.39, 0.29) is 6.04 Å². The van der Waals surface area contributed by atoms with Crippen molar-refractivity contribution < 1.29 is 27.9 Å². The third-order valence-electron chi connectivity index (χ3n) is 2.54. The predicted molar refractivity (Wildman–Crippen MR) is 76.5 cm³/mol. The number of nitrogens with zero attached hydrogens (tertiary/aromatic N) is 1. The summed E-state index contributed by atoms with van der Waals surface area (Å²) in [5.74, 6) is -2.42. The second-order valence-electron chi connectivity index (χ2n) is 4.60. The Morgan fingerprint density at radius 2 is 1.73 bits per heavy atom. The van der Waals surface area contributed by atoms with Crippen LogP contribution in [0, 0.1) is 5.92 Å². The van der Waals surface area contributed by atoms with Gasteiger partial charge in [0.1, 0.15) is 12.8 Å². The summed E-state index contributed by atoms with van der Waals surface area (Å²) >= 11 is 0. The number of hydrogen-bond acceptors (Lipinski definition) is 4. The number of alkyl halides is 3. The molecule has 0 bridgehead atoms. The molecule has 0 spiro atoms. The van der Waals surface area contributed by atoms with E-state index in [2.05, 4.69) is 19.0 Å². The van der Waals surface area contributed by atoms with E-state index in [1.807, 2.05) is 30.3 Å². The van der Waals surface area contributed by atoms with Crippen LogP contribution in [-0.4, -0.2) is 36.1 Å². The molecule has 0 amide bonds. The van der Waals surface area contributed by atoms with Gasteiger partial charge in [0.15, 0.2) is 0 Å². The molecule has 0 heterocycles. The first-order chi connectivity index (χ1) is 10.1. The zero-order chi connectivity index (χ0) is 17.3. The van der Waals surface area contributed by atoms with Crippen molar-refractivity contribution in [3.05, 3.63) is 35.9 Å². The van der Waals surface area contributed by atoms with E-state index in [0.29, 0.717) is 5.92 Å². The number of carboxylic acids is 1. The van der Waals surface area contributed by atoms with Crippen LogP contribution in [0.2, 0.25) is 0 Å². The van der Waals surface area contributed by atoms with Gasteiger partial charge < -0.3 is 15.7 Å². The van der Waals surface area contributed by atoms with Gasteiger partial charge >= 0.3 is 12.1 Å². The summed E-state index contributed by atoms with van der Waals surface area (Å²) in [7, 11) is 1.54. The molecule has 0 radical (unpaired) electrons. The Bertz CT molecular complexity index is 488. The summed E-state index contributed by atoms with van der Waals surface area (Å²) in [6, 6.07) is 9.77. The summed E-state index contributed by atoms with van der Waals surface area (Å²) in [5.41, 5.74) is 7.88. The van der Waals surface area contributed by atoms with Gasteiger partial charge in [-0.1, -0.05) is 49.3 Å². The molecule has 124 valence electrons. The minimum absolute atomic E-state index is 0.104. The fraction of sp³-hybridized carbons (Fsp3) is 0.429. The molecule has 0 unspecified atom stereocenters. The topological polar surface area (TPSA) is 84.9 Å². The van der Waals surface area contributed by atoms with Gasteiger partial charge in [-0.15, -0.1) is 0 Å². The lowest BCUT2D eigenvalue weighted by atomic mass is 9.95. The number of aliphatic carboxylic acids is 1. The van der Waals surface area contributed by atoms with Crippen LogP contribution in [0.4, 0.5) is 13.2 Å². The maximum Gasteiger partial charge on any atom is 0.490 e. The summed E-state index contributed by atoms with van der Waals surface area (Å²) in [5, 5.41) is 11.1. The molecule has 0 saturated heterocycles. The third kappa shape index (κ3) is 7.07. The number of carbonyl (C=O) groups is 1. The summed E-state index contributed by atoms with van der Waals surface area (Å²) in [4.78, 5) is 13.7. The van der Waals surface area contributed by atoms with Gasteiger partial charge in [0.25, 0.3) is 0 Å². The number of carboxylic acid groups (broad SMARTS) is 1. The molecule has 1 rings (SSSR count). The van der Waals surface area contributed by atoms with Gasteiger partial charge in [0, 0.05) is 5.56 Å². The number of nitrogens with two attached hydrogens (primary N) is 1. The van der Waals surface area contributed by atoms with E-state index in [1.165, 1.54) is 7.11 Å². The van der Waals surface area contributed by atoms with Crippen molar-refractivity contribution in [1.29, 1.82) is 0 Å². The molecule has 22 heavy (non-hydrogen) atoms. The molecule has 0 aliphatic rings. The van der Waals surface area contributed by atoms with Gasteiger partial charge in [-0.25, -0.2) is 4.79 Å². The largest absolute Gasteiger partial charge is 0.490 e. The molecule has 0 aromatic heterocycles. The van der Waals surface area contributed by atoms with Crippen LogP contribution in [0.3, 0.4) is 0 Å². The lowest BCUT2D eigenvalue weighted by Crippen LogP contribution is -2.36. The highest BCUT2D eigenvalue weighted by molar-refractivity contribution is 6.04. The van der Waals surface area contributed by atoms with Crippen molar-refractivity contribution >= 4 is 11.7 Å². The smallest absolute Gasteiger partial charge is 0.475 e. The fourth-order valence-electron chi connectivity index (χ4n) is 1.33. The average Bonchev–Trinajstić information content (AvgIpc) is 2.44. The molecule has 1 aromatic rings. The maximum atomic E-state index is 10.6. The highest BCUT2D eigenvalue weighted by atomic mass is 19.4. The summed E-state index contributed by atoms with van der Waals surface area (Å²) in [6.07, 6.45) is -5.08. The van der Waals surface area contributed by atoms with Gasteiger partial charge in [-0.05, 0) is 5.92 Å². The molecule has 0 saturated carbocycles. The quantitative estimate of drug-likeness (QED) is 0.660. The van der Waals surface area contributed by atoms with E-state index in [1.54, 1.807) is 0 Å². The Balaban J connectivity index is 0.000000534. The molecule has 3 N–H and O–H groups in total. The Kier molecular flexibility index (Phi) is 8.18. The minimum Gasteiger partial charge on any atom is -0.475 e. The van der Waals surface area contributed by atoms with Crippen LogP contribution in [0.25, 0.3) is 0 Å². The van der Waals surface area contributed by atoms with E-state index in [0.717, 1.165) is 11.3 Å². The Hall–Kier alpha value is -2.09. The van der Waals surface area contributed by atoms with Gasteiger partial charge in [-0.2, -0.15) is 13.2 Å². The molecule has 0 fully saturated rings. The zero-order valence-electron chi connectivity index (χ0n) is 12.5. The van der Waals surface area contributed by atoms with Crippen LogP contribution in [0.15, 0.2) is 35.5 Å². The molecule has 0 aliphatic carbocycles. The number of halogens is 3. The second kappa shape index (κ2) is 9.04. The molecule has 8 heteroatoms. The van der Waals surface area contributed by atoms with Crippen molar-refractivity contribution in [1.82, 2.24) is 0 Å². The standard InChI is InChI=1S/C12H18N2O.C2HF3O2/c1-9(2)11(13)12(14-15-3)10-7-5-4-6-8-10;3-2(4,5)1(6)7/h4-9,11H,13H2,1-3H3;(H,6,7)/b14-12+;/t11-;/m0./s1. The first-order valence-electron chi connectivity index (χ1n) is 6.33. The third-order valence-corrected chi connectivity index (χ3v) is 2.54. The monoisotopic (exact) mass is 320 g/mol. The molecule has 1 atom stereocenters. The van der Waals surface area contributed by atoms with Crippen molar-refractivity contribution in [2.45, 2.75) is 26.1 Å². The number of hydrogen-bond donors (Lipinski definition) is 2. The number of rotatable bonds is 4. The predicted octanol–water partition coefficient (Wildman–Crippen LogP) is 2.65. The summed E-state index contributed by atoms with van der Waals surface area (Å²) < 4.78 is 31.7. The van der Waals surface area contributed by atoms with Crippen LogP contribution in [0.1, 0.15) is 19.4 Å². The van der Waals surface area contributed by atoms with Crippen LogP contribution in [-0.2, 0) is 9.63 Å². The fourth-order valence-corrected chi connectivity index (χ4v) is 1.33. The Morgan fingerprint density at radius 1 is 1.27 bits per heavy atom. The molecule has 1 aromatic carbocycles. The van der Waals surface area contributed by atoms with Gasteiger partial charge in [0.05, 0.1) is 6.04 Å². The maximum absolute atomic E-state index is 10.6. The molecular formula is C14H19F3N2O3. The molecular weight excluding hydrogens is 301 g/mol.